The van der Waals surface area contributed by atoms with Crippen molar-refractivity contribution >= 4 is 0 Å². The molecule has 0 saturated carbocycles. The summed E-state index contributed by atoms with van der Waals surface area (Å²) in [5.41, 5.74) is 1.24. The lowest BCUT2D eigenvalue weighted by Crippen LogP contribution is -2.34. The molecule has 9 N–H and O–H groups in total. The van der Waals surface area contributed by atoms with E-state index in [-0.39, 0.29) is 39.3 Å². The van der Waals surface area contributed by atoms with Crippen molar-refractivity contribution in [1.82, 2.24) is 0 Å². The Bertz CT molecular complexity index is 1020. The predicted octanol–water partition coefficient (Wildman–Crippen LogP) is 0.201. The van der Waals surface area contributed by atoms with Crippen molar-refractivity contribution in [3.8, 4) is 11.5 Å². The lowest BCUT2D eigenvalue weighted by atomic mass is 9.66. The molecule has 1 aliphatic carbocycles. The average Bonchev–Trinajstić information content (AvgIpc) is 2.88. The molecule has 0 spiro atoms. The summed E-state index contributed by atoms with van der Waals surface area (Å²) in [7, 11) is 0. The highest BCUT2D eigenvalue weighted by Crippen LogP contribution is 2.46. The van der Waals surface area contributed by atoms with E-state index in [0.29, 0.717) is 16.7 Å². The summed E-state index contributed by atoms with van der Waals surface area (Å²) in [5, 5.41) is 90.5. The highest BCUT2D eigenvalue weighted by molar-refractivity contribution is 5.59. The van der Waals surface area contributed by atoms with Gasteiger partial charge in [-0.2, -0.15) is 0 Å². The minimum absolute atomic E-state index is 0.155. The van der Waals surface area contributed by atoms with Crippen LogP contribution in [0.15, 0.2) is 47.6 Å². The van der Waals surface area contributed by atoms with Crippen LogP contribution in [-0.2, 0) is 31.8 Å². The molecule has 1 aliphatic rings. The van der Waals surface area contributed by atoms with E-state index in [9.17, 15) is 46.0 Å². The van der Waals surface area contributed by atoms with E-state index in [1.807, 2.05) is 0 Å². The van der Waals surface area contributed by atoms with Crippen LogP contribution in [0.4, 0.5) is 0 Å². The number of phenols is 2. The summed E-state index contributed by atoms with van der Waals surface area (Å²) in [4.78, 5) is 0. The Kier molecular flexibility index (Phi) is 8.34. The second-order valence-corrected chi connectivity index (χ2v) is 8.83. The van der Waals surface area contributed by atoms with Crippen molar-refractivity contribution in [3.63, 3.8) is 0 Å². The molecule has 9 heteroatoms. The van der Waals surface area contributed by atoms with Gasteiger partial charge in [-0.25, -0.2) is 0 Å². The van der Waals surface area contributed by atoms with E-state index in [2.05, 4.69) is 0 Å². The number of rotatable bonds is 9. The SMILES string of the molecule is CC(C1=CC(CO)C(O)C(CO)=C1)(c1cc(CO)c(O)c(CO)c1)c1cc(CO)c(O)c(CO)c1. The monoisotopic (exact) mass is 488 g/mol. The van der Waals surface area contributed by atoms with E-state index < -0.39 is 57.1 Å². The zero-order chi connectivity index (χ0) is 25.9. The molecule has 0 bridgehead atoms. The average molecular weight is 489 g/mol. The van der Waals surface area contributed by atoms with E-state index >= 15 is 0 Å². The summed E-state index contributed by atoms with van der Waals surface area (Å²) < 4.78 is 0. The van der Waals surface area contributed by atoms with Crippen LogP contribution >= 0.6 is 0 Å². The topological polar surface area (TPSA) is 182 Å². The number of aliphatic hydroxyl groups is 7. The molecular formula is C26H32O9. The molecular weight excluding hydrogens is 456 g/mol. The van der Waals surface area contributed by atoms with Gasteiger partial charge in [-0.05, 0) is 53.5 Å². The molecule has 0 fully saturated rings. The maximum atomic E-state index is 10.5. The Morgan fingerprint density at radius 2 is 1.09 bits per heavy atom. The van der Waals surface area contributed by atoms with Crippen LogP contribution in [0.2, 0.25) is 0 Å². The molecule has 35 heavy (non-hydrogen) atoms. The first kappa shape index (κ1) is 26.8. The van der Waals surface area contributed by atoms with Gasteiger partial charge < -0.3 is 46.0 Å². The van der Waals surface area contributed by atoms with Crippen LogP contribution in [0.1, 0.15) is 40.3 Å². The first-order valence-corrected chi connectivity index (χ1v) is 11.2. The summed E-state index contributed by atoms with van der Waals surface area (Å²) in [6.07, 6.45) is 2.13. The van der Waals surface area contributed by atoms with Gasteiger partial charge in [0, 0.05) is 33.6 Å². The van der Waals surface area contributed by atoms with E-state index in [1.165, 1.54) is 0 Å². The number of benzene rings is 2. The number of aliphatic hydroxyl groups excluding tert-OH is 7. The Hall–Kier alpha value is -2.76. The van der Waals surface area contributed by atoms with Crippen LogP contribution in [0, 0.1) is 5.92 Å². The molecule has 0 radical (unpaired) electrons. The second-order valence-electron chi connectivity index (χ2n) is 8.83. The Morgan fingerprint density at radius 1 is 0.686 bits per heavy atom. The molecule has 0 amide bonds. The fourth-order valence-corrected chi connectivity index (χ4v) is 4.61. The molecule has 0 heterocycles. The molecule has 190 valence electrons. The van der Waals surface area contributed by atoms with Crippen molar-refractivity contribution in [2.24, 2.45) is 5.92 Å². The predicted molar refractivity (Wildman–Crippen MR) is 126 cm³/mol. The van der Waals surface area contributed by atoms with Crippen molar-refractivity contribution < 1.29 is 46.0 Å². The summed E-state index contributed by atoms with van der Waals surface area (Å²) >= 11 is 0. The molecule has 2 atom stereocenters. The zero-order valence-corrected chi connectivity index (χ0v) is 19.4. The number of aromatic hydroxyl groups is 2. The molecule has 0 aliphatic heterocycles. The van der Waals surface area contributed by atoms with Gasteiger partial charge in [0.05, 0.1) is 45.7 Å². The highest BCUT2D eigenvalue weighted by atomic mass is 16.3. The lowest BCUT2D eigenvalue weighted by molar-refractivity contribution is 0.105. The van der Waals surface area contributed by atoms with Crippen LogP contribution in [0.25, 0.3) is 0 Å². The molecule has 0 aromatic heterocycles. The second kappa shape index (κ2) is 10.9. The summed E-state index contributed by atoms with van der Waals surface area (Å²) in [5.74, 6) is -1.26. The maximum Gasteiger partial charge on any atom is 0.126 e. The molecule has 2 unspecified atom stereocenters. The molecule has 3 rings (SSSR count). The van der Waals surface area contributed by atoms with Crippen molar-refractivity contribution in [2.75, 3.05) is 13.2 Å². The summed E-state index contributed by atoms with van der Waals surface area (Å²) in [6, 6.07) is 6.19. The third kappa shape index (κ3) is 4.72. The van der Waals surface area contributed by atoms with Crippen LogP contribution < -0.4 is 0 Å². The minimum atomic E-state index is -1.17. The van der Waals surface area contributed by atoms with Gasteiger partial charge in [0.15, 0.2) is 0 Å². The molecule has 2 aromatic carbocycles. The largest absolute Gasteiger partial charge is 0.507 e. The van der Waals surface area contributed by atoms with Crippen molar-refractivity contribution in [1.29, 1.82) is 0 Å². The van der Waals surface area contributed by atoms with Crippen molar-refractivity contribution in [2.45, 2.75) is 44.9 Å². The van der Waals surface area contributed by atoms with Crippen LogP contribution in [-0.4, -0.2) is 65.3 Å². The van der Waals surface area contributed by atoms with Crippen LogP contribution in [0.5, 0.6) is 11.5 Å². The maximum absolute atomic E-state index is 10.5. The molecule has 2 aromatic rings. The van der Waals surface area contributed by atoms with Gasteiger partial charge in [0.25, 0.3) is 0 Å². The molecule has 0 saturated heterocycles. The third-order valence-electron chi connectivity index (χ3n) is 6.86. The lowest BCUT2D eigenvalue weighted by Gasteiger charge is -2.38. The van der Waals surface area contributed by atoms with Gasteiger partial charge in [0.1, 0.15) is 11.5 Å². The fraction of sp³-hybridized carbons (Fsp3) is 0.385. The van der Waals surface area contributed by atoms with Crippen molar-refractivity contribution in [3.05, 3.63) is 80.9 Å². The molecule has 9 nitrogen and oxygen atoms in total. The van der Waals surface area contributed by atoms with Gasteiger partial charge in [-0.1, -0.05) is 12.2 Å². The summed E-state index contributed by atoms with van der Waals surface area (Å²) in [6.45, 7) is -1.16. The zero-order valence-electron chi connectivity index (χ0n) is 19.4. The first-order valence-electron chi connectivity index (χ1n) is 11.2. The van der Waals surface area contributed by atoms with E-state index in [4.69, 9.17) is 0 Å². The standard InChI is InChI=1S/C26H32O9/c1-26(20-2-14(8-27)23(33)15(3-20)9-28,21-4-16(10-29)24(34)17(5-21)11-30)22-6-18(12-31)25(35)19(7-22)13-32/h2-7,14,23,27-35H,8-13H2,1H3. The smallest absolute Gasteiger partial charge is 0.126 e. The first-order chi connectivity index (χ1) is 16.7. The Balaban J connectivity index is 2.43. The van der Waals surface area contributed by atoms with Gasteiger partial charge in [0.2, 0.25) is 0 Å². The van der Waals surface area contributed by atoms with E-state index in [1.54, 1.807) is 43.3 Å². The van der Waals surface area contributed by atoms with E-state index in [0.717, 1.165) is 0 Å². The Morgan fingerprint density at radius 3 is 1.40 bits per heavy atom. The highest BCUT2D eigenvalue weighted by Gasteiger charge is 2.38. The normalized spacial score (nSPS) is 18.4. The number of allylic oxidation sites excluding steroid dienone is 2. The van der Waals surface area contributed by atoms with Gasteiger partial charge in [-0.3, -0.25) is 0 Å². The quantitative estimate of drug-likeness (QED) is 0.238. The minimum Gasteiger partial charge on any atom is -0.507 e. The number of hydrogen-bond donors (Lipinski definition) is 9. The van der Waals surface area contributed by atoms with Gasteiger partial charge in [-0.15, -0.1) is 0 Å². The van der Waals surface area contributed by atoms with Gasteiger partial charge >= 0.3 is 0 Å². The fourth-order valence-electron chi connectivity index (χ4n) is 4.61. The third-order valence-corrected chi connectivity index (χ3v) is 6.86. The number of hydrogen-bond acceptors (Lipinski definition) is 9. The van der Waals surface area contributed by atoms with Crippen LogP contribution in [0.3, 0.4) is 0 Å². The Labute approximate surface area is 202 Å².